The van der Waals surface area contributed by atoms with E-state index in [4.69, 9.17) is 37.1 Å². The molecular formula is C20H17Cl2NO5. The molecule has 1 aromatic heterocycles. The summed E-state index contributed by atoms with van der Waals surface area (Å²) in [5.41, 5.74) is 0.945. The highest BCUT2D eigenvalue weighted by atomic mass is 35.5. The predicted molar refractivity (Wildman–Crippen MR) is 109 cm³/mol. The Balaban J connectivity index is 1.97. The number of hydrogen-bond donors (Lipinski definition) is 1. The molecule has 1 heterocycles. The van der Waals surface area contributed by atoms with Gasteiger partial charge < -0.3 is 19.2 Å². The predicted octanol–water partition coefficient (Wildman–Crippen LogP) is 4.61. The molecule has 2 aromatic carbocycles. The summed E-state index contributed by atoms with van der Waals surface area (Å²) in [4.78, 5) is 25.0. The van der Waals surface area contributed by atoms with Crippen LogP contribution in [-0.2, 0) is 11.2 Å². The highest BCUT2D eigenvalue weighted by molar-refractivity contribution is 6.36. The third kappa shape index (κ3) is 3.79. The SMILES string of the molecule is COc1ccc2c(C)c(CC(=O)Nc3ccc(Cl)cc3Cl)c(=O)oc2c1OC. The number of amides is 1. The number of ether oxygens (including phenoxy) is 2. The van der Waals surface area contributed by atoms with E-state index in [0.29, 0.717) is 38.2 Å². The maximum Gasteiger partial charge on any atom is 0.340 e. The first-order chi connectivity index (χ1) is 13.3. The molecule has 0 bridgehead atoms. The lowest BCUT2D eigenvalue weighted by atomic mass is 10.0. The molecule has 0 saturated carbocycles. The van der Waals surface area contributed by atoms with E-state index in [1.807, 2.05) is 0 Å². The molecular weight excluding hydrogens is 405 g/mol. The summed E-state index contributed by atoms with van der Waals surface area (Å²) in [6.45, 7) is 1.75. The van der Waals surface area contributed by atoms with E-state index >= 15 is 0 Å². The number of aryl methyl sites for hydroxylation is 1. The summed E-state index contributed by atoms with van der Waals surface area (Å²) in [5.74, 6) is 0.365. The van der Waals surface area contributed by atoms with Crippen molar-refractivity contribution in [2.75, 3.05) is 19.5 Å². The standard InChI is InChI=1S/C20H17Cl2NO5/c1-10-12-5-7-16(26-2)19(27-3)18(12)28-20(25)13(10)9-17(24)23-15-6-4-11(21)8-14(15)22/h4-8H,9H2,1-3H3,(H,23,24). The van der Waals surface area contributed by atoms with E-state index in [9.17, 15) is 9.59 Å². The van der Waals surface area contributed by atoms with Crippen molar-refractivity contribution >= 4 is 45.8 Å². The van der Waals surface area contributed by atoms with Gasteiger partial charge in [0.15, 0.2) is 11.3 Å². The molecule has 0 radical (unpaired) electrons. The highest BCUT2D eigenvalue weighted by Gasteiger charge is 2.19. The Morgan fingerprint density at radius 2 is 1.89 bits per heavy atom. The van der Waals surface area contributed by atoms with Crippen LogP contribution in [0.3, 0.4) is 0 Å². The van der Waals surface area contributed by atoms with Crippen LogP contribution in [0.1, 0.15) is 11.1 Å². The van der Waals surface area contributed by atoms with Crippen molar-refractivity contribution < 1.29 is 18.7 Å². The van der Waals surface area contributed by atoms with Crippen LogP contribution in [0.25, 0.3) is 11.0 Å². The van der Waals surface area contributed by atoms with Gasteiger partial charge in [0, 0.05) is 10.4 Å². The van der Waals surface area contributed by atoms with Gasteiger partial charge in [-0.15, -0.1) is 0 Å². The molecule has 0 atom stereocenters. The molecule has 0 aliphatic carbocycles. The van der Waals surface area contributed by atoms with Crippen LogP contribution in [0, 0.1) is 6.92 Å². The second kappa shape index (κ2) is 8.12. The van der Waals surface area contributed by atoms with Gasteiger partial charge in [0.2, 0.25) is 11.7 Å². The summed E-state index contributed by atoms with van der Waals surface area (Å²) < 4.78 is 16.0. The first-order valence-corrected chi connectivity index (χ1v) is 9.03. The van der Waals surface area contributed by atoms with E-state index in [0.717, 1.165) is 0 Å². The molecule has 0 aliphatic heterocycles. The van der Waals surface area contributed by atoms with Gasteiger partial charge in [0.1, 0.15) is 0 Å². The molecule has 3 rings (SSSR count). The Labute approximate surface area is 171 Å². The molecule has 0 fully saturated rings. The molecule has 6 nitrogen and oxygen atoms in total. The van der Waals surface area contributed by atoms with E-state index in [1.54, 1.807) is 31.2 Å². The summed E-state index contributed by atoms with van der Waals surface area (Å²) in [7, 11) is 2.96. The molecule has 3 aromatic rings. The van der Waals surface area contributed by atoms with E-state index < -0.39 is 11.5 Å². The Bertz CT molecular complexity index is 1120. The van der Waals surface area contributed by atoms with Crippen LogP contribution >= 0.6 is 23.2 Å². The van der Waals surface area contributed by atoms with Gasteiger partial charge in [-0.1, -0.05) is 23.2 Å². The minimum atomic E-state index is -0.617. The molecule has 0 unspecified atom stereocenters. The Kier molecular flexibility index (Phi) is 5.82. The van der Waals surface area contributed by atoms with Crippen molar-refractivity contribution in [1.82, 2.24) is 0 Å². The summed E-state index contributed by atoms with van der Waals surface area (Å²) in [6, 6.07) is 8.19. The first-order valence-electron chi connectivity index (χ1n) is 8.28. The highest BCUT2D eigenvalue weighted by Crippen LogP contribution is 2.36. The fraction of sp³-hybridized carbons (Fsp3) is 0.200. The zero-order chi connectivity index (χ0) is 20.4. The van der Waals surface area contributed by atoms with Crippen molar-refractivity contribution in [3.05, 3.63) is 61.9 Å². The zero-order valence-corrected chi connectivity index (χ0v) is 16.9. The van der Waals surface area contributed by atoms with Crippen molar-refractivity contribution in [3.63, 3.8) is 0 Å². The molecule has 0 saturated heterocycles. The lowest BCUT2D eigenvalue weighted by Gasteiger charge is -2.13. The number of benzene rings is 2. The second-order valence-electron chi connectivity index (χ2n) is 6.02. The van der Waals surface area contributed by atoms with Crippen LogP contribution in [-0.4, -0.2) is 20.1 Å². The number of rotatable bonds is 5. The number of nitrogens with one attached hydrogen (secondary N) is 1. The fourth-order valence-corrected chi connectivity index (χ4v) is 3.37. The van der Waals surface area contributed by atoms with Gasteiger partial charge in [-0.3, -0.25) is 4.79 Å². The Morgan fingerprint density at radius 1 is 1.14 bits per heavy atom. The minimum absolute atomic E-state index is 0.169. The van der Waals surface area contributed by atoms with Crippen LogP contribution in [0.5, 0.6) is 11.5 Å². The summed E-state index contributed by atoms with van der Waals surface area (Å²) >= 11 is 11.9. The number of carbonyl (C=O) groups excluding carboxylic acids is 1. The van der Waals surface area contributed by atoms with Crippen LogP contribution in [0.4, 0.5) is 5.69 Å². The quantitative estimate of drug-likeness (QED) is 0.608. The topological polar surface area (TPSA) is 77.8 Å². The number of methoxy groups -OCH3 is 2. The smallest absolute Gasteiger partial charge is 0.340 e. The van der Waals surface area contributed by atoms with Crippen LogP contribution in [0.15, 0.2) is 39.5 Å². The molecule has 146 valence electrons. The summed E-state index contributed by atoms with van der Waals surface area (Å²) in [6.07, 6.45) is -0.169. The third-order valence-electron chi connectivity index (χ3n) is 4.34. The van der Waals surface area contributed by atoms with Crippen molar-refractivity contribution in [2.24, 2.45) is 0 Å². The Morgan fingerprint density at radius 3 is 2.54 bits per heavy atom. The van der Waals surface area contributed by atoms with E-state index in [1.165, 1.54) is 20.3 Å². The number of hydrogen-bond acceptors (Lipinski definition) is 5. The number of carbonyl (C=O) groups is 1. The first kappa shape index (κ1) is 20.0. The fourth-order valence-electron chi connectivity index (χ4n) is 2.92. The van der Waals surface area contributed by atoms with Crippen LogP contribution in [0.2, 0.25) is 10.0 Å². The maximum atomic E-state index is 12.5. The average molecular weight is 422 g/mol. The van der Waals surface area contributed by atoms with Gasteiger partial charge in [0.25, 0.3) is 0 Å². The number of halogens is 2. The van der Waals surface area contributed by atoms with E-state index in [2.05, 4.69) is 5.32 Å². The molecule has 0 spiro atoms. The molecule has 28 heavy (non-hydrogen) atoms. The molecule has 8 heteroatoms. The lowest BCUT2D eigenvalue weighted by molar-refractivity contribution is -0.115. The summed E-state index contributed by atoms with van der Waals surface area (Å²) in [5, 5.41) is 4.09. The lowest BCUT2D eigenvalue weighted by Crippen LogP contribution is -2.21. The number of anilines is 1. The normalized spacial score (nSPS) is 10.8. The van der Waals surface area contributed by atoms with Gasteiger partial charge in [0.05, 0.1) is 36.9 Å². The largest absolute Gasteiger partial charge is 0.493 e. The van der Waals surface area contributed by atoms with Crippen LogP contribution < -0.4 is 20.4 Å². The van der Waals surface area contributed by atoms with Gasteiger partial charge in [-0.05, 0) is 42.8 Å². The van der Waals surface area contributed by atoms with E-state index in [-0.39, 0.29) is 17.6 Å². The van der Waals surface area contributed by atoms with Crippen molar-refractivity contribution in [1.29, 1.82) is 0 Å². The average Bonchev–Trinajstić information content (AvgIpc) is 2.66. The second-order valence-corrected chi connectivity index (χ2v) is 6.86. The number of fused-ring (bicyclic) bond motifs is 1. The molecule has 1 N–H and O–H groups in total. The Hall–Kier alpha value is -2.70. The monoisotopic (exact) mass is 421 g/mol. The van der Waals surface area contributed by atoms with Gasteiger partial charge in [-0.2, -0.15) is 0 Å². The molecule has 0 aliphatic rings. The van der Waals surface area contributed by atoms with Crippen molar-refractivity contribution in [2.45, 2.75) is 13.3 Å². The zero-order valence-electron chi connectivity index (χ0n) is 15.4. The molecule has 1 amide bonds. The van der Waals surface area contributed by atoms with Gasteiger partial charge >= 0.3 is 5.63 Å². The minimum Gasteiger partial charge on any atom is -0.493 e. The maximum absolute atomic E-state index is 12.5. The third-order valence-corrected chi connectivity index (χ3v) is 4.89. The van der Waals surface area contributed by atoms with Gasteiger partial charge in [-0.25, -0.2) is 4.79 Å². The van der Waals surface area contributed by atoms with Crippen molar-refractivity contribution in [3.8, 4) is 11.5 Å².